The van der Waals surface area contributed by atoms with Gasteiger partial charge in [-0.1, -0.05) is 0 Å². The van der Waals surface area contributed by atoms with Crippen LogP contribution in [-0.2, 0) is 4.79 Å². The van der Waals surface area contributed by atoms with Crippen molar-refractivity contribution in [1.29, 1.82) is 0 Å². The molecule has 0 bridgehead atoms. The Balaban J connectivity index is 2.88. The van der Waals surface area contributed by atoms with Gasteiger partial charge in [0.2, 0.25) is 5.91 Å². The van der Waals surface area contributed by atoms with E-state index in [0.29, 0.717) is 18.8 Å². The first-order valence-corrected chi connectivity index (χ1v) is 5.65. The number of hydrogen-bond donors (Lipinski definition) is 0. The maximum absolute atomic E-state index is 12.0. The lowest BCUT2D eigenvalue weighted by atomic mass is 10.2. The van der Waals surface area contributed by atoms with E-state index in [1.54, 1.807) is 21.9 Å². The number of nitro benzene ring substituents is 1. The first kappa shape index (κ1) is 14.1. The van der Waals surface area contributed by atoms with Crippen molar-refractivity contribution < 1.29 is 9.72 Å². The van der Waals surface area contributed by atoms with Crippen LogP contribution in [0.4, 0.5) is 11.4 Å². The van der Waals surface area contributed by atoms with Crippen LogP contribution in [0.5, 0.6) is 0 Å². The fourth-order valence-electron chi connectivity index (χ4n) is 1.61. The van der Waals surface area contributed by atoms with Crippen LogP contribution in [0.2, 0.25) is 0 Å². The lowest BCUT2D eigenvalue weighted by Crippen LogP contribution is -2.37. The molecule has 1 rings (SSSR count). The average molecular weight is 251 g/mol. The van der Waals surface area contributed by atoms with Crippen molar-refractivity contribution in [1.82, 2.24) is 4.90 Å². The fourth-order valence-corrected chi connectivity index (χ4v) is 1.61. The van der Waals surface area contributed by atoms with E-state index in [-0.39, 0.29) is 11.6 Å². The second kappa shape index (κ2) is 6.11. The molecule has 0 spiro atoms. The number of carbonyl (C=O) groups excluding carboxylic acids is 1. The molecule has 0 aliphatic rings. The van der Waals surface area contributed by atoms with Gasteiger partial charge in [-0.2, -0.15) is 0 Å². The minimum absolute atomic E-state index is 0.0230. The highest BCUT2D eigenvalue weighted by Crippen LogP contribution is 2.19. The van der Waals surface area contributed by atoms with Gasteiger partial charge >= 0.3 is 0 Å². The van der Waals surface area contributed by atoms with Crippen LogP contribution < -0.4 is 4.90 Å². The molecule has 1 aromatic carbocycles. The van der Waals surface area contributed by atoms with Crippen molar-refractivity contribution in [2.75, 3.05) is 32.1 Å². The van der Waals surface area contributed by atoms with Crippen molar-refractivity contribution >= 4 is 17.3 Å². The third kappa shape index (κ3) is 3.53. The summed E-state index contributed by atoms with van der Waals surface area (Å²) in [5, 5.41) is 10.5. The van der Waals surface area contributed by atoms with Gasteiger partial charge in [0.15, 0.2) is 0 Å². The first-order chi connectivity index (χ1) is 8.45. The van der Waals surface area contributed by atoms with E-state index in [2.05, 4.69) is 0 Å². The average Bonchev–Trinajstić information content (AvgIpc) is 2.29. The molecule has 1 amide bonds. The van der Waals surface area contributed by atoms with Gasteiger partial charge in [0, 0.05) is 24.4 Å². The van der Waals surface area contributed by atoms with Crippen LogP contribution in [0.1, 0.15) is 6.92 Å². The SMILES string of the molecule is CCN(C(=O)CN(C)C)c1ccc([N+](=O)[O-])cc1. The molecule has 18 heavy (non-hydrogen) atoms. The molecule has 0 unspecified atom stereocenters. The highest BCUT2D eigenvalue weighted by atomic mass is 16.6. The Kier molecular flexibility index (Phi) is 4.79. The Morgan fingerprint density at radius 1 is 1.28 bits per heavy atom. The molecule has 6 heteroatoms. The van der Waals surface area contributed by atoms with Crippen molar-refractivity contribution in [2.45, 2.75) is 6.92 Å². The lowest BCUT2D eigenvalue weighted by molar-refractivity contribution is -0.384. The van der Waals surface area contributed by atoms with Crippen molar-refractivity contribution in [3.8, 4) is 0 Å². The summed E-state index contributed by atoms with van der Waals surface area (Å²) in [4.78, 5) is 25.4. The normalized spacial score (nSPS) is 10.4. The van der Waals surface area contributed by atoms with E-state index in [4.69, 9.17) is 0 Å². The van der Waals surface area contributed by atoms with Crippen molar-refractivity contribution in [3.63, 3.8) is 0 Å². The number of carbonyl (C=O) groups is 1. The van der Waals surface area contributed by atoms with E-state index in [0.717, 1.165) is 0 Å². The fraction of sp³-hybridized carbons (Fsp3) is 0.417. The Morgan fingerprint density at radius 2 is 1.83 bits per heavy atom. The zero-order chi connectivity index (χ0) is 13.7. The molecule has 0 N–H and O–H groups in total. The predicted octanol–water partition coefficient (Wildman–Crippen LogP) is 1.51. The number of benzene rings is 1. The summed E-state index contributed by atoms with van der Waals surface area (Å²) in [6.07, 6.45) is 0. The van der Waals surface area contributed by atoms with E-state index < -0.39 is 4.92 Å². The molecule has 0 aromatic heterocycles. The largest absolute Gasteiger partial charge is 0.312 e. The summed E-state index contributed by atoms with van der Waals surface area (Å²) in [5.41, 5.74) is 0.699. The van der Waals surface area contributed by atoms with E-state index >= 15 is 0 Å². The zero-order valence-electron chi connectivity index (χ0n) is 10.8. The lowest BCUT2D eigenvalue weighted by Gasteiger charge is -2.22. The molecular weight excluding hydrogens is 234 g/mol. The van der Waals surface area contributed by atoms with Crippen LogP contribution in [0.25, 0.3) is 0 Å². The monoisotopic (exact) mass is 251 g/mol. The third-order valence-electron chi connectivity index (χ3n) is 2.44. The number of rotatable bonds is 5. The number of amides is 1. The number of likely N-dealkylation sites (N-methyl/N-ethyl adjacent to an activating group) is 2. The summed E-state index contributed by atoms with van der Waals surface area (Å²) in [6, 6.07) is 5.99. The molecule has 1 aromatic rings. The Labute approximate surface area is 106 Å². The Bertz CT molecular complexity index is 429. The summed E-state index contributed by atoms with van der Waals surface area (Å²) < 4.78 is 0. The van der Waals surface area contributed by atoms with Crippen LogP contribution in [0.15, 0.2) is 24.3 Å². The quantitative estimate of drug-likeness (QED) is 0.587. The first-order valence-electron chi connectivity index (χ1n) is 5.65. The molecule has 0 aliphatic carbocycles. The molecule has 0 atom stereocenters. The number of nitrogens with zero attached hydrogens (tertiary/aromatic N) is 3. The highest BCUT2D eigenvalue weighted by molar-refractivity contribution is 5.94. The standard InChI is InChI=1S/C12H17N3O3/c1-4-14(12(16)9-13(2)3)10-5-7-11(8-6-10)15(17)18/h5-8H,4,9H2,1-3H3. The van der Waals surface area contributed by atoms with Gasteiger partial charge in [0.25, 0.3) is 5.69 Å². The Morgan fingerprint density at radius 3 is 2.22 bits per heavy atom. The van der Waals surface area contributed by atoms with Gasteiger partial charge in [-0.15, -0.1) is 0 Å². The van der Waals surface area contributed by atoms with E-state index in [1.165, 1.54) is 12.1 Å². The van der Waals surface area contributed by atoms with Gasteiger partial charge in [0.1, 0.15) is 0 Å². The maximum Gasteiger partial charge on any atom is 0.269 e. The molecule has 0 saturated heterocycles. The van der Waals surface area contributed by atoms with Gasteiger partial charge in [-0.3, -0.25) is 14.9 Å². The number of non-ortho nitro benzene ring substituents is 1. The molecule has 0 radical (unpaired) electrons. The van der Waals surface area contributed by atoms with Crippen LogP contribution in [0, 0.1) is 10.1 Å². The van der Waals surface area contributed by atoms with Crippen molar-refractivity contribution in [2.24, 2.45) is 0 Å². The zero-order valence-corrected chi connectivity index (χ0v) is 10.8. The third-order valence-corrected chi connectivity index (χ3v) is 2.44. The predicted molar refractivity (Wildman–Crippen MR) is 69.7 cm³/mol. The van der Waals surface area contributed by atoms with Gasteiger partial charge in [0.05, 0.1) is 11.5 Å². The van der Waals surface area contributed by atoms with Gasteiger partial charge in [-0.05, 0) is 33.2 Å². The summed E-state index contributed by atoms with van der Waals surface area (Å²) in [5.74, 6) is -0.0312. The summed E-state index contributed by atoms with van der Waals surface area (Å²) in [6.45, 7) is 2.71. The van der Waals surface area contributed by atoms with Crippen LogP contribution >= 0.6 is 0 Å². The molecule has 0 saturated carbocycles. The molecule has 98 valence electrons. The number of hydrogen-bond acceptors (Lipinski definition) is 4. The minimum Gasteiger partial charge on any atom is -0.312 e. The van der Waals surface area contributed by atoms with Crippen LogP contribution in [0.3, 0.4) is 0 Å². The molecular formula is C12H17N3O3. The topological polar surface area (TPSA) is 66.7 Å². The molecule has 0 heterocycles. The van der Waals surface area contributed by atoms with E-state index in [1.807, 2.05) is 21.0 Å². The Hall–Kier alpha value is -1.95. The minimum atomic E-state index is -0.457. The van der Waals surface area contributed by atoms with Crippen molar-refractivity contribution in [3.05, 3.63) is 34.4 Å². The maximum atomic E-state index is 12.0. The number of anilines is 1. The second-order valence-electron chi connectivity index (χ2n) is 4.15. The van der Waals surface area contributed by atoms with Gasteiger partial charge < -0.3 is 9.80 Å². The number of nitro groups is 1. The highest BCUT2D eigenvalue weighted by Gasteiger charge is 2.15. The smallest absolute Gasteiger partial charge is 0.269 e. The van der Waals surface area contributed by atoms with Gasteiger partial charge in [-0.25, -0.2) is 0 Å². The molecule has 0 aliphatic heterocycles. The van der Waals surface area contributed by atoms with E-state index in [9.17, 15) is 14.9 Å². The second-order valence-corrected chi connectivity index (χ2v) is 4.15. The summed E-state index contributed by atoms with van der Waals surface area (Å²) in [7, 11) is 3.64. The molecule has 0 fully saturated rings. The summed E-state index contributed by atoms with van der Waals surface area (Å²) >= 11 is 0. The molecule has 6 nitrogen and oxygen atoms in total. The van der Waals surface area contributed by atoms with Crippen LogP contribution in [-0.4, -0.2) is 42.9 Å².